The summed E-state index contributed by atoms with van der Waals surface area (Å²) in [5.41, 5.74) is 1.13. The third-order valence-corrected chi connectivity index (χ3v) is 6.57. The molecular formula is C20H21N5O5S. The maximum atomic E-state index is 12.8. The Hall–Kier alpha value is -3.15. The van der Waals surface area contributed by atoms with E-state index in [-0.39, 0.29) is 23.6 Å². The molecule has 1 N–H and O–H groups in total. The lowest BCUT2D eigenvalue weighted by molar-refractivity contribution is -0.116. The number of hydrogen-bond acceptors (Lipinski definition) is 8. The van der Waals surface area contributed by atoms with Crippen LogP contribution in [0.2, 0.25) is 0 Å². The SMILES string of the molecule is O=C(CCc1nc(-c2cccnc2)no1)Nc1cccc(S(=O)(=O)N2CCOCC2)c1. The van der Waals surface area contributed by atoms with Crippen molar-refractivity contribution in [3.63, 3.8) is 0 Å². The highest BCUT2D eigenvalue weighted by molar-refractivity contribution is 7.89. The molecule has 1 aromatic carbocycles. The minimum Gasteiger partial charge on any atom is -0.379 e. The molecule has 0 atom stereocenters. The van der Waals surface area contributed by atoms with E-state index in [1.807, 2.05) is 6.07 Å². The van der Waals surface area contributed by atoms with Gasteiger partial charge in [-0.05, 0) is 30.3 Å². The van der Waals surface area contributed by atoms with Crippen molar-refractivity contribution < 1.29 is 22.5 Å². The number of benzene rings is 1. The highest BCUT2D eigenvalue weighted by atomic mass is 32.2. The topological polar surface area (TPSA) is 128 Å². The van der Waals surface area contributed by atoms with Crippen LogP contribution in [0.3, 0.4) is 0 Å². The van der Waals surface area contributed by atoms with Gasteiger partial charge in [-0.15, -0.1) is 0 Å². The average Bonchev–Trinajstić information content (AvgIpc) is 3.28. The maximum Gasteiger partial charge on any atom is 0.243 e. The fourth-order valence-corrected chi connectivity index (χ4v) is 4.54. The molecule has 3 heterocycles. The molecule has 2 aromatic heterocycles. The predicted molar refractivity (Wildman–Crippen MR) is 110 cm³/mol. The number of nitrogens with zero attached hydrogens (tertiary/aromatic N) is 4. The van der Waals surface area contributed by atoms with Gasteiger partial charge >= 0.3 is 0 Å². The number of anilines is 1. The van der Waals surface area contributed by atoms with Crippen LogP contribution >= 0.6 is 0 Å². The van der Waals surface area contributed by atoms with Gasteiger partial charge in [0.15, 0.2) is 0 Å². The maximum absolute atomic E-state index is 12.8. The molecule has 1 saturated heterocycles. The van der Waals surface area contributed by atoms with Crippen LogP contribution in [0.25, 0.3) is 11.4 Å². The standard InChI is InChI=1S/C20H21N5O5S/c26-18(6-7-19-23-20(24-30-19)15-3-2-8-21-14-15)22-16-4-1-5-17(13-16)31(27,28)25-9-11-29-12-10-25/h1-5,8,13-14H,6-7,9-12H2,(H,22,26). The second-order valence-corrected chi connectivity index (χ2v) is 8.78. The van der Waals surface area contributed by atoms with Crippen molar-refractivity contribution in [2.45, 2.75) is 17.7 Å². The Bertz CT molecular complexity index is 1140. The molecule has 1 amide bonds. The summed E-state index contributed by atoms with van der Waals surface area (Å²) in [6.45, 7) is 1.36. The Morgan fingerprint density at radius 1 is 1.16 bits per heavy atom. The number of carbonyl (C=O) groups excluding carboxylic acids is 1. The molecule has 162 valence electrons. The lowest BCUT2D eigenvalue weighted by Crippen LogP contribution is -2.40. The summed E-state index contributed by atoms with van der Waals surface area (Å²) in [6.07, 6.45) is 3.63. The molecule has 0 spiro atoms. The monoisotopic (exact) mass is 443 g/mol. The van der Waals surface area contributed by atoms with E-state index in [2.05, 4.69) is 20.4 Å². The lowest BCUT2D eigenvalue weighted by atomic mass is 10.2. The Morgan fingerprint density at radius 2 is 2.00 bits per heavy atom. The van der Waals surface area contributed by atoms with E-state index in [0.717, 1.165) is 5.56 Å². The van der Waals surface area contributed by atoms with Crippen molar-refractivity contribution in [1.29, 1.82) is 0 Å². The van der Waals surface area contributed by atoms with Gasteiger partial charge in [0.05, 0.1) is 18.1 Å². The molecule has 1 aliphatic rings. The third kappa shape index (κ3) is 5.13. The summed E-state index contributed by atoms with van der Waals surface area (Å²) in [5, 5.41) is 6.61. The first-order valence-corrected chi connectivity index (χ1v) is 11.2. The zero-order chi connectivity index (χ0) is 21.7. The summed E-state index contributed by atoms with van der Waals surface area (Å²) in [6, 6.07) is 9.79. The van der Waals surface area contributed by atoms with Gasteiger partial charge in [0.1, 0.15) is 0 Å². The summed E-state index contributed by atoms with van der Waals surface area (Å²) in [7, 11) is -3.64. The van der Waals surface area contributed by atoms with E-state index < -0.39 is 10.0 Å². The number of nitrogens with one attached hydrogen (secondary N) is 1. The first-order valence-electron chi connectivity index (χ1n) is 9.73. The van der Waals surface area contributed by atoms with Crippen molar-refractivity contribution in [1.82, 2.24) is 19.4 Å². The summed E-state index contributed by atoms with van der Waals surface area (Å²) in [4.78, 5) is 20.7. The highest BCUT2D eigenvalue weighted by Gasteiger charge is 2.26. The van der Waals surface area contributed by atoms with Gasteiger partial charge in [-0.3, -0.25) is 9.78 Å². The largest absolute Gasteiger partial charge is 0.379 e. The predicted octanol–water partition coefficient (Wildman–Crippen LogP) is 1.72. The molecule has 31 heavy (non-hydrogen) atoms. The van der Waals surface area contributed by atoms with E-state index in [1.54, 1.807) is 30.6 Å². The first-order chi connectivity index (χ1) is 15.0. The molecular weight excluding hydrogens is 422 g/mol. The van der Waals surface area contributed by atoms with Crippen molar-refractivity contribution in [2.75, 3.05) is 31.6 Å². The molecule has 0 radical (unpaired) electrons. The number of pyridine rings is 1. The van der Waals surface area contributed by atoms with Crippen molar-refractivity contribution in [2.24, 2.45) is 0 Å². The van der Waals surface area contributed by atoms with E-state index in [4.69, 9.17) is 9.26 Å². The second kappa shape index (κ2) is 9.33. The second-order valence-electron chi connectivity index (χ2n) is 6.85. The minimum absolute atomic E-state index is 0.106. The quantitative estimate of drug-likeness (QED) is 0.585. The number of carbonyl (C=O) groups is 1. The molecule has 0 bridgehead atoms. The van der Waals surface area contributed by atoms with Crippen molar-refractivity contribution in [3.8, 4) is 11.4 Å². The van der Waals surface area contributed by atoms with Crippen LogP contribution < -0.4 is 5.32 Å². The van der Waals surface area contributed by atoms with Gasteiger partial charge < -0.3 is 14.6 Å². The van der Waals surface area contributed by atoms with Crippen molar-refractivity contribution in [3.05, 3.63) is 54.7 Å². The molecule has 0 saturated carbocycles. The molecule has 1 aliphatic heterocycles. The highest BCUT2D eigenvalue weighted by Crippen LogP contribution is 2.21. The van der Waals surface area contributed by atoms with E-state index in [0.29, 0.717) is 43.7 Å². The van der Waals surface area contributed by atoms with Gasteiger partial charge in [-0.25, -0.2) is 8.42 Å². The number of amides is 1. The van der Waals surface area contributed by atoms with Crippen LogP contribution in [-0.4, -0.2) is 60.1 Å². The molecule has 0 unspecified atom stereocenters. The first kappa shape index (κ1) is 21.1. The fraction of sp³-hybridized carbons (Fsp3) is 0.300. The Kier molecular flexibility index (Phi) is 6.35. The Labute approximate surface area is 179 Å². The Balaban J connectivity index is 1.36. The lowest BCUT2D eigenvalue weighted by Gasteiger charge is -2.26. The van der Waals surface area contributed by atoms with E-state index >= 15 is 0 Å². The normalized spacial score (nSPS) is 15.0. The minimum atomic E-state index is -3.64. The third-order valence-electron chi connectivity index (χ3n) is 4.68. The van der Waals surface area contributed by atoms with Gasteiger partial charge in [0, 0.05) is 49.6 Å². The van der Waals surface area contributed by atoms with Crippen LogP contribution in [0, 0.1) is 0 Å². The van der Waals surface area contributed by atoms with E-state index in [9.17, 15) is 13.2 Å². The van der Waals surface area contributed by atoms with Crippen LogP contribution in [0.5, 0.6) is 0 Å². The zero-order valence-electron chi connectivity index (χ0n) is 16.6. The van der Waals surface area contributed by atoms with Gasteiger partial charge in [0.25, 0.3) is 0 Å². The van der Waals surface area contributed by atoms with Crippen LogP contribution in [0.1, 0.15) is 12.3 Å². The van der Waals surface area contributed by atoms with Gasteiger partial charge in [0.2, 0.25) is 27.6 Å². The molecule has 3 aromatic rings. The zero-order valence-corrected chi connectivity index (χ0v) is 17.4. The van der Waals surface area contributed by atoms with Crippen LogP contribution in [0.4, 0.5) is 5.69 Å². The number of hydrogen-bond donors (Lipinski definition) is 1. The summed E-state index contributed by atoms with van der Waals surface area (Å²) in [5.74, 6) is 0.448. The number of aryl methyl sites for hydroxylation is 1. The summed E-state index contributed by atoms with van der Waals surface area (Å²) < 4.78 is 37.3. The van der Waals surface area contributed by atoms with E-state index in [1.165, 1.54) is 16.4 Å². The fourth-order valence-electron chi connectivity index (χ4n) is 3.08. The molecule has 4 rings (SSSR count). The Morgan fingerprint density at radius 3 is 2.77 bits per heavy atom. The number of aromatic nitrogens is 3. The molecule has 1 fully saturated rings. The number of sulfonamides is 1. The molecule has 10 nitrogen and oxygen atoms in total. The van der Waals surface area contributed by atoms with Crippen LogP contribution in [-0.2, 0) is 26.0 Å². The summed E-state index contributed by atoms with van der Waals surface area (Å²) >= 11 is 0. The smallest absolute Gasteiger partial charge is 0.243 e. The van der Waals surface area contributed by atoms with Gasteiger partial charge in [-0.2, -0.15) is 9.29 Å². The van der Waals surface area contributed by atoms with Crippen LogP contribution in [0.15, 0.2) is 58.2 Å². The average molecular weight is 443 g/mol. The van der Waals surface area contributed by atoms with Crippen molar-refractivity contribution >= 4 is 21.6 Å². The number of morpholine rings is 1. The molecule has 0 aliphatic carbocycles. The molecule has 11 heteroatoms. The van der Waals surface area contributed by atoms with Gasteiger partial charge in [-0.1, -0.05) is 11.2 Å². The number of ether oxygens (including phenoxy) is 1. The number of rotatable bonds is 7.